The molecule has 2 nitrogen and oxygen atoms in total. The standard InChI is InChI=1S/C14H21NOS/c1-16-12-9-10-17-14(12)13(15)11-7-5-3-2-4-6-8-11/h7,9-10,13H,2-6,8,15H2,1H3/b11-7+. The number of rotatable bonds is 3. The van der Waals surface area contributed by atoms with Crippen LogP contribution in [-0.4, -0.2) is 7.11 Å². The zero-order chi connectivity index (χ0) is 12.1. The summed E-state index contributed by atoms with van der Waals surface area (Å²) in [6.07, 6.45) is 9.94. The minimum Gasteiger partial charge on any atom is -0.496 e. The highest BCUT2D eigenvalue weighted by atomic mass is 32.1. The molecule has 0 fully saturated rings. The summed E-state index contributed by atoms with van der Waals surface area (Å²) in [6, 6.07) is 2.03. The van der Waals surface area contributed by atoms with E-state index in [2.05, 4.69) is 11.5 Å². The second-order valence-corrected chi connectivity index (χ2v) is 5.51. The number of allylic oxidation sites excluding steroid dienone is 1. The van der Waals surface area contributed by atoms with Gasteiger partial charge in [0.05, 0.1) is 18.0 Å². The Hall–Kier alpha value is -0.800. The summed E-state index contributed by atoms with van der Waals surface area (Å²) in [7, 11) is 1.71. The van der Waals surface area contributed by atoms with Crippen LogP contribution in [0.15, 0.2) is 23.1 Å². The van der Waals surface area contributed by atoms with E-state index < -0.39 is 0 Å². The fourth-order valence-corrected chi connectivity index (χ4v) is 3.28. The Morgan fingerprint density at radius 2 is 2.12 bits per heavy atom. The van der Waals surface area contributed by atoms with Crippen molar-refractivity contribution in [2.24, 2.45) is 5.73 Å². The van der Waals surface area contributed by atoms with Crippen LogP contribution < -0.4 is 10.5 Å². The van der Waals surface area contributed by atoms with Crippen LogP contribution in [0.1, 0.15) is 49.4 Å². The third-order valence-corrected chi connectivity index (χ3v) is 4.37. The first-order chi connectivity index (χ1) is 8.33. The summed E-state index contributed by atoms with van der Waals surface area (Å²) in [5.74, 6) is 0.936. The van der Waals surface area contributed by atoms with Gasteiger partial charge in [-0.3, -0.25) is 0 Å². The van der Waals surface area contributed by atoms with Gasteiger partial charge in [0.2, 0.25) is 0 Å². The largest absolute Gasteiger partial charge is 0.496 e. The van der Waals surface area contributed by atoms with Gasteiger partial charge in [-0.25, -0.2) is 0 Å². The van der Waals surface area contributed by atoms with Crippen LogP contribution in [0.2, 0.25) is 0 Å². The van der Waals surface area contributed by atoms with Crippen LogP contribution in [0.5, 0.6) is 5.75 Å². The molecule has 0 aromatic carbocycles. The highest BCUT2D eigenvalue weighted by molar-refractivity contribution is 7.10. The van der Waals surface area contributed by atoms with Crippen molar-refractivity contribution in [2.75, 3.05) is 7.11 Å². The summed E-state index contributed by atoms with van der Waals surface area (Å²) >= 11 is 1.70. The van der Waals surface area contributed by atoms with Crippen LogP contribution in [-0.2, 0) is 0 Å². The number of hydrogen-bond acceptors (Lipinski definition) is 3. The van der Waals surface area contributed by atoms with Gasteiger partial charge < -0.3 is 10.5 Å². The maximum Gasteiger partial charge on any atom is 0.134 e. The molecule has 3 heteroatoms. The molecular formula is C14H21NOS. The first-order valence-corrected chi connectivity index (χ1v) is 7.27. The van der Waals surface area contributed by atoms with Crippen LogP contribution in [0, 0.1) is 0 Å². The lowest BCUT2D eigenvalue weighted by Crippen LogP contribution is -2.13. The van der Waals surface area contributed by atoms with Crippen molar-refractivity contribution in [3.05, 3.63) is 28.0 Å². The van der Waals surface area contributed by atoms with Crippen molar-refractivity contribution in [1.82, 2.24) is 0 Å². The third kappa shape index (κ3) is 3.11. The van der Waals surface area contributed by atoms with Crippen molar-refractivity contribution in [3.63, 3.8) is 0 Å². The quantitative estimate of drug-likeness (QED) is 0.823. The molecule has 1 aromatic heterocycles. The summed E-state index contributed by atoms with van der Waals surface area (Å²) < 4.78 is 5.36. The number of thiophene rings is 1. The molecule has 94 valence electrons. The van der Waals surface area contributed by atoms with Gasteiger partial charge in [0.1, 0.15) is 5.75 Å². The van der Waals surface area contributed by atoms with E-state index in [1.165, 1.54) is 42.6 Å². The molecule has 2 N–H and O–H groups in total. The fraction of sp³-hybridized carbons (Fsp3) is 0.571. The number of hydrogen-bond donors (Lipinski definition) is 1. The molecule has 2 rings (SSSR count). The SMILES string of the molecule is COc1ccsc1C(N)/C1=C/CCCCCC1. The van der Waals surface area contributed by atoms with Gasteiger partial charge in [-0.15, -0.1) is 11.3 Å². The molecule has 1 unspecified atom stereocenters. The maximum absolute atomic E-state index is 6.37. The molecule has 1 atom stereocenters. The van der Waals surface area contributed by atoms with Gasteiger partial charge in [0.15, 0.2) is 0 Å². The highest BCUT2D eigenvalue weighted by Crippen LogP contribution is 2.35. The van der Waals surface area contributed by atoms with Gasteiger partial charge in [0.25, 0.3) is 0 Å². The number of nitrogens with two attached hydrogens (primary N) is 1. The summed E-state index contributed by atoms with van der Waals surface area (Å²) in [6.45, 7) is 0. The predicted octanol–water partition coefficient (Wildman–Crippen LogP) is 4.04. The van der Waals surface area contributed by atoms with Gasteiger partial charge in [-0.2, -0.15) is 0 Å². The molecule has 0 bridgehead atoms. The van der Waals surface area contributed by atoms with Crippen molar-refractivity contribution in [2.45, 2.75) is 44.6 Å². The minimum absolute atomic E-state index is 0.0306. The highest BCUT2D eigenvalue weighted by Gasteiger charge is 2.18. The Labute approximate surface area is 107 Å². The fourth-order valence-electron chi connectivity index (χ4n) is 2.37. The molecule has 1 aliphatic rings. The molecule has 0 radical (unpaired) electrons. The van der Waals surface area contributed by atoms with Gasteiger partial charge >= 0.3 is 0 Å². The molecule has 1 aromatic rings. The second-order valence-electron chi connectivity index (χ2n) is 4.56. The van der Waals surface area contributed by atoms with Crippen molar-refractivity contribution < 1.29 is 4.74 Å². The van der Waals surface area contributed by atoms with Crippen molar-refractivity contribution in [3.8, 4) is 5.75 Å². The van der Waals surface area contributed by atoms with E-state index in [1.807, 2.05) is 6.07 Å². The Morgan fingerprint density at radius 1 is 1.29 bits per heavy atom. The Kier molecular flexibility index (Phi) is 4.63. The molecule has 0 saturated heterocycles. The van der Waals surface area contributed by atoms with Crippen molar-refractivity contribution in [1.29, 1.82) is 0 Å². The molecule has 0 saturated carbocycles. The predicted molar refractivity (Wildman–Crippen MR) is 73.6 cm³/mol. The van der Waals surface area contributed by atoms with E-state index in [1.54, 1.807) is 18.4 Å². The average Bonchev–Trinajstić information content (AvgIpc) is 2.75. The van der Waals surface area contributed by atoms with Gasteiger partial charge in [-0.1, -0.05) is 24.5 Å². The first-order valence-electron chi connectivity index (χ1n) is 6.39. The number of ether oxygens (including phenoxy) is 1. The monoisotopic (exact) mass is 251 g/mol. The lowest BCUT2D eigenvalue weighted by atomic mass is 9.94. The molecule has 0 aliphatic heterocycles. The van der Waals surface area contributed by atoms with E-state index in [-0.39, 0.29) is 6.04 Å². The molecule has 1 aliphatic carbocycles. The summed E-state index contributed by atoms with van der Waals surface area (Å²) in [5, 5.41) is 2.05. The van der Waals surface area contributed by atoms with Crippen molar-refractivity contribution >= 4 is 11.3 Å². The van der Waals surface area contributed by atoms with Crippen LogP contribution >= 0.6 is 11.3 Å². The molecule has 1 heterocycles. The van der Waals surface area contributed by atoms with E-state index in [0.717, 1.165) is 12.2 Å². The minimum atomic E-state index is 0.0306. The number of methoxy groups -OCH3 is 1. The third-order valence-electron chi connectivity index (χ3n) is 3.39. The van der Waals surface area contributed by atoms with Crippen LogP contribution in [0.4, 0.5) is 0 Å². The molecule has 0 amide bonds. The van der Waals surface area contributed by atoms with E-state index >= 15 is 0 Å². The molecule has 17 heavy (non-hydrogen) atoms. The zero-order valence-electron chi connectivity index (χ0n) is 10.4. The topological polar surface area (TPSA) is 35.2 Å². The van der Waals surface area contributed by atoms with Crippen LogP contribution in [0.25, 0.3) is 0 Å². The van der Waals surface area contributed by atoms with E-state index in [0.29, 0.717) is 0 Å². The molecule has 0 spiro atoms. The molecular weight excluding hydrogens is 230 g/mol. The smallest absolute Gasteiger partial charge is 0.134 e. The first kappa shape index (κ1) is 12.7. The Bertz CT molecular complexity index is 383. The van der Waals surface area contributed by atoms with Gasteiger partial charge in [0, 0.05) is 0 Å². The average molecular weight is 251 g/mol. The maximum atomic E-state index is 6.37. The Balaban J connectivity index is 2.14. The lowest BCUT2D eigenvalue weighted by Gasteiger charge is -2.18. The second kappa shape index (κ2) is 6.22. The van der Waals surface area contributed by atoms with E-state index in [9.17, 15) is 0 Å². The van der Waals surface area contributed by atoms with E-state index in [4.69, 9.17) is 10.5 Å². The summed E-state index contributed by atoms with van der Waals surface area (Å²) in [4.78, 5) is 1.17. The normalized spacial score (nSPS) is 22.1. The zero-order valence-corrected chi connectivity index (χ0v) is 11.3. The summed E-state index contributed by atoms with van der Waals surface area (Å²) in [5.41, 5.74) is 7.77. The van der Waals surface area contributed by atoms with Gasteiger partial charge in [-0.05, 0) is 37.1 Å². The Morgan fingerprint density at radius 3 is 2.94 bits per heavy atom. The van der Waals surface area contributed by atoms with Crippen LogP contribution in [0.3, 0.4) is 0 Å². The lowest BCUT2D eigenvalue weighted by molar-refractivity contribution is 0.410.